The summed E-state index contributed by atoms with van der Waals surface area (Å²) in [5, 5.41) is 21.7. The molecule has 2 heterocycles. The number of carbonyl (C=O) groups excluding carboxylic acids is 1. The normalized spacial score (nSPS) is 11.0. The maximum Gasteiger partial charge on any atom is 0.251 e. The topological polar surface area (TPSA) is 103 Å². The van der Waals surface area contributed by atoms with Gasteiger partial charge in [-0.25, -0.2) is 0 Å². The SMILES string of the molecule is COCCNC(=O)c1cccc(Nc2nn3c(-c4ccc(OC)cc4)nnc3c3ccccc23)c1. The third-order valence-electron chi connectivity index (χ3n) is 5.59. The van der Waals surface area contributed by atoms with E-state index in [0.29, 0.717) is 36.0 Å². The zero-order valence-electron chi connectivity index (χ0n) is 19.4. The number of carbonyl (C=O) groups is 1. The first kappa shape index (κ1) is 22.3. The smallest absolute Gasteiger partial charge is 0.251 e. The summed E-state index contributed by atoms with van der Waals surface area (Å²) in [5.74, 6) is 1.83. The van der Waals surface area contributed by atoms with Crippen LogP contribution in [0.4, 0.5) is 11.5 Å². The number of nitrogens with one attached hydrogen (secondary N) is 2. The lowest BCUT2D eigenvalue weighted by molar-refractivity contribution is 0.0937. The summed E-state index contributed by atoms with van der Waals surface area (Å²) >= 11 is 0. The maximum atomic E-state index is 12.5. The van der Waals surface area contributed by atoms with Crippen molar-refractivity contribution in [3.63, 3.8) is 0 Å². The third-order valence-corrected chi connectivity index (χ3v) is 5.59. The van der Waals surface area contributed by atoms with Gasteiger partial charge < -0.3 is 20.1 Å². The number of amides is 1. The number of hydrogen-bond donors (Lipinski definition) is 2. The molecule has 0 saturated heterocycles. The van der Waals surface area contributed by atoms with Crippen molar-refractivity contribution in [3.8, 4) is 17.1 Å². The molecule has 0 spiro atoms. The van der Waals surface area contributed by atoms with E-state index in [9.17, 15) is 4.79 Å². The van der Waals surface area contributed by atoms with Crippen LogP contribution in [0.15, 0.2) is 72.8 Å². The molecule has 2 N–H and O–H groups in total. The predicted octanol–water partition coefficient (Wildman–Crippen LogP) is 4.07. The molecule has 9 nitrogen and oxygen atoms in total. The number of nitrogens with zero attached hydrogens (tertiary/aromatic N) is 4. The Labute approximate surface area is 201 Å². The molecule has 0 aliphatic heterocycles. The Hall–Kier alpha value is -4.50. The standard InChI is InChI=1S/C26H24N6O3/c1-34-15-14-27-26(33)18-6-5-7-19(16-18)28-23-21-8-3-4-9-22(21)25-30-29-24(32(25)31-23)17-10-12-20(35-2)13-11-17/h3-13,16H,14-15H2,1-2H3,(H,27,33)(H,28,31). The monoisotopic (exact) mass is 468 g/mol. The lowest BCUT2D eigenvalue weighted by atomic mass is 10.1. The van der Waals surface area contributed by atoms with Crippen molar-refractivity contribution in [3.05, 3.63) is 78.4 Å². The number of aromatic nitrogens is 4. The number of benzene rings is 3. The molecule has 0 aliphatic rings. The second-order valence-corrected chi connectivity index (χ2v) is 7.84. The Bertz CT molecular complexity index is 1500. The first-order chi connectivity index (χ1) is 17.2. The molecule has 0 aliphatic carbocycles. The second-order valence-electron chi connectivity index (χ2n) is 7.84. The second kappa shape index (κ2) is 9.78. The van der Waals surface area contributed by atoms with E-state index >= 15 is 0 Å². The van der Waals surface area contributed by atoms with E-state index < -0.39 is 0 Å². The van der Waals surface area contributed by atoms with Gasteiger partial charge in [-0.1, -0.05) is 30.3 Å². The Balaban J connectivity index is 1.54. The van der Waals surface area contributed by atoms with E-state index in [1.54, 1.807) is 30.9 Å². The predicted molar refractivity (Wildman–Crippen MR) is 134 cm³/mol. The van der Waals surface area contributed by atoms with Crippen molar-refractivity contribution in [1.82, 2.24) is 25.1 Å². The number of anilines is 2. The summed E-state index contributed by atoms with van der Waals surface area (Å²) in [4.78, 5) is 12.5. The Morgan fingerprint density at radius 1 is 0.943 bits per heavy atom. The van der Waals surface area contributed by atoms with Crippen LogP contribution in [0.25, 0.3) is 27.8 Å². The fraction of sp³-hybridized carbons (Fsp3) is 0.154. The molecule has 0 unspecified atom stereocenters. The maximum absolute atomic E-state index is 12.5. The minimum Gasteiger partial charge on any atom is -0.497 e. The fourth-order valence-corrected chi connectivity index (χ4v) is 3.84. The third kappa shape index (κ3) is 4.49. The van der Waals surface area contributed by atoms with Crippen LogP contribution in [0.3, 0.4) is 0 Å². The minimum atomic E-state index is -0.167. The van der Waals surface area contributed by atoms with Crippen LogP contribution < -0.4 is 15.4 Å². The highest BCUT2D eigenvalue weighted by molar-refractivity contribution is 6.01. The van der Waals surface area contributed by atoms with Crippen molar-refractivity contribution in [2.45, 2.75) is 0 Å². The molecule has 0 saturated carbocycles. The number of ether oxygens (including phenoxy) is 2. The molecule has 0 bridgehead atoms. The van der Waals surface area contributed by atoms with Gasteiger partial charge in [0, 0.05) is 41.2 Å². The van der Waals surface area contributed by atoms with E-state index in [0.717, 1.165) is 27.8 Å². The van der Waals surface area contributed by atoms with Gasteiger partial charge in [-0.2, -0.15) is 4.52 Å². The summed E-state index contributed by atoms with van der Waals surface area (Å²) in [6, 6.07) is 22.7. The first-order valence-corrected chi connectivity index (χ1v) is 11.1. The van der Waals surface area contributed by atoms with Gasteiger partial charge in [0.15, 0.2) is 17.3 Å². The van der Waals surface area contributed by atoms with Gasteiger partial charge in [0.1, 0.15) is 5.75 Å². The van der Waals surface area contributed by atoms with E-state index in [-0.39, 0.29) is 5.91 Å². The highest BCUT2D eigenvalue weighted by Gasteiger charge is 2.16. The molecule has 5 rings (SSSR count). The van der Waals surface area contributed by atoms with Crippen molar-refractivity contribution in [1.29, 1.82) is 0 Å². The van der Waals surface area contributed by atoms with Crippen LogP contribution in [0.1, 0.15) is 10.4 Å². The van der Waals surface area contributed by atoms with E-state index in [1.165, 1.54) is 0 Å². The van der Waals surface area contributed by atoms with Gasteiger partial charge in [0.25, 0.3) is 5.91 Å². The van der Waals surface area contributed by atoms with E-state index in [1.807, 2.05) is 60.7 Å². The molecule has 5 aromatic rings. The molecule has 9 heteroatoms. The van der Waals surface area contributed by atoms with Crippen LogP contribution in [-0.4, -0.2) is 53.1 Å². The highest BCUT2D eigenvalue weighted by atomic mass is 16.5. The van der Waals surface area contributed by atoms with E-state index in [2.05, 4.69) is 20.8 Å². The van der Waals surface area contributed by atoms with Crippen LogP contribution in [-0.2, 0) is 4.74 Å². The summed E-state index contributed by atoms with van der Waals surface area (Å²) in [6.45, 7) is 0.896. The molecule has 176 valence electrons. The number of fused-ring (bicyclic) bond motifs is 3. The van der Waals surface area contributed by atoms with Crippen molar-refractivity contribution < 1.29 is 14.3 Å². The van der Waals surface area contributed by atoms with Crippen molar-refractivity contribution in [2.24, 2.45) is 0 Å². The van der Waals surface area contributed by atoms with E-state index in [4.69, 9.17) is 14.6 Å². The lowest BCUT2D eigenvalue weighted by Crippen LogP contribution is -2.26. The van der Waals surface area contributed by atoms with Crippen molar-refractivity contribution in [2.75, 3.05) is 32.7 Å². The van der Waals surface area contributed by atoms with Gasteiger partial charge in [-0.05, 0) is 42.5 Å². The number of methoxy groups -OCH3 is 2. The Kier molecular flexibility index (Phi) is 6.23. The number of hydrogen-bond acceptors (Lipinski definition) is 7. The van der Waals surface area contributed by atoms with Crippen molar-refractivity contribution >= 4 is 33.8 Å². The average molecular weight is 469 g/mol. The molecule has 1 amide bonds. The van der Waals surface area contributed by atoms with Crippen LogP contribution >= 0.6 is 0 Å². The van der Waals surface area contributed by atoms with Crippen LogP contribution in [0.5, 0.6) is 5.75 Å². The summed E-state index contributed by atoms with van der Waals surface area (Å²) in [7, 11) is 3.23. The quantitative estimate of drug-likeness (QED) is 0.331. The molecule has 0 atom stereocenters. The number of rotatable bonds is 8. The molecule has 2 aromatic heterocycles. The molecule has 0 radical (unpaired) electrons. The highest BCUT2D eigenvalue weighted by Crippen LogP contribution is 2.30. The molecule has 0 fully saturated rings. The Morgan fingerprint density at radius 3 is 2.51 bits per heavy atom. The van der Waals surface area contributed by atoms with Gasteiger partial charge >= 0.3 is 0 Å². The minimum absolute atomic E-state index is 0.167. The van der Waals surface area contributed by atoms with Gasteiger partial charge in [0.2, 0.25) is 0 Å². The zero-order chi connectivity index (χ0) is 24.2. The lowest BCUT2D eigenvalue weighted by Gasteiger charge is -2.12. The zero-order valence-corrected chi connectivity index (χ0v) is 19.4. The largest absolute Gasteiger partial charge is 0.497 e. The Morgan fingerprint density at radius 2 is 1.74 bits per heavy atom. The summed E-state index contributed by atoms with van der Waals surface area (Å²) in [5.41, 5.74) is 2.80. The molecular formula is C26H24N6O3. The molecule has 3 aromatic carbocycles. The first-order valence-electron chi connectivity index (χ1n) is 11.1. The van der Waals surface area contributed by atoms with Gasteiger partial charge in [-0.15, -0.1) is 15.3 Å². The van der Waals surface area contributed by atoms with Crippen LogP contribution in [0, 0.1) is 0 Å². The van der Waals surface area contributed by atoms with Crippen LogP contribution in [0.2, 0.25) is 0 Å². The average Bonchev–Trinajstić information content (AvgIpc) is 3.33. The van der Waals surface area contributed by atoms with Gasteiger partial charge in [-0.3, -0.25) is 4.79 Å². The fourth-order valence-electron chi connectivity index (χ4n) is 3.84. The van der Waals surface area contributed by atoms with Gasteiger partial charge in [0.05, 0.1) is 13.7 Å². The molecule has 35 heavy (non-hydrogen) atoms. The summed E-state index contributed by atoms with van der Waals surface area (Å²) in [6.07, 6.45) is 0. The summed E-state index contributed by atoms with van der Waals surface area (Å²) < 4.78 is 12.0. The molecular weight excluding hydrogens is 444 g/mol.